The molecule has 1 amide bonds. The molecule has 0 fully saturated rings. The topological polar surface area (TPSA) is 95.3 Å². The molecule has 1 aromatic carbocycles. The van der Waals surface area contributed by atoms with Crippen LogP contribution in [0.3, 0.4) is 0 Å². The Kier molecular flexibility index (Phi) is 3.76. The number of aliphatic hydroxyl groups is 1. The minimum atomic E-state index is -0.938. The number of H-pyrrole nitrogens is 1. The maximum Gasteiger partial charge on any atom is 0.252 e. The Morgan fingerprint density at radius 2 is 2.09 bits per heavy atom. The quantitative estimate of drug-likeness (QED) is 0.681. The Bertz CT molecular complexity index is 852. The number of fused-ring (bicyclic) bond motifs is 1. The van der Waals surface area contributed by atoms with Crippen molar-refractivity contribution in [3.63, 3.8) is 0 Å². The van der Waals surface area contributed by atoms with Crippen LogP contribution in [0.4, 0.5) is 0 Å². The average Bonchev–Trinajstić information content (AvgIpc) is 3.06. The highest BCUT2D eigenvalue weighted by molar-refractivity contribution is 6.05. The van der Waals surface area contributed by atoms with E-state index in [1.54, 1.807) is 36.4 Å². The molecule has 0 saturated carbocycles. The van der Waals surface area contributed by atoms with Gasteiger partial charge in [0.15, 0.2) is 0 Å². The van der Waals surface area contributed by atoms with Gasteiger partial charge in [0.25, 0.3) is 5.91 Å². The zero-order valence-corrected chi connectivity index (χ0v) is 11.6. The van der Waals surface area contributed by atoms with Crippen molar-refractivity contribution in [3.05, 3.63) is 70.4 Å². The fourth-order valence-electron chi connectivity index (χ4n) is 2.26. The van der Waals surface area contributed by atoms with Gasteiger partial charge >= 0.3 is 0 Å². The van der Waals surface area contributed by atoms with Gasteiger partial charge in [0, 0.05) is 17.0 Å². The van der Waals surface area contributed by atoms with Gasteiger partial charge in [-0.3, -0.25) is 9.59 Å². The van der Waals surface area contributed by atoms with Crippen LogP contribution in [-0.4, -0.2) is 22.5 Å². The molecule has 1 unspecified atom stereocenters. The Balaban J connectivity index is 1.82. The summed E-state index contributed by atoms with van der Waals surface area (Å²) in [5.41, 5.74) is 0.508. The van der Waals surface area contributed by atoms with E-state index in [1.807, 2.05) is 0 Å². The molecule has 0 saturated heterocycles. The number of hydrogen-bond acceptors (Lipinski definition) is 4. The summed E-state index contributed by atoms with van der Waals surface area (Å²) >= 11 is 0. The molecule has 0 spiro atoms. The summed E-state index contributed by atoms with van der Waals surface area (Å²) in [6.45, 7) is -0.00648. The summed E-state index contributed by atoms with van der Waals surface area (Å²) < 4.78 is 5.07. The lowest BCUT2D eigenvalue weighted by molar-refractivity contribution is 0.0902. The van der Waals surface area contributed by atoms with Gasteiger partial charge in [-0.05, 0) is 18.2 Å². The normalized spacial score (nSPS) is 12.2. The van der Waals surface area contributed by atoms with Crippen molar-refractivity contribution in [1.29, 1.82) is 0 Å². The van der Waals surface area contributed by atoms with E-state index in [9.17, 15) is 14.7 Å². The second-order valence-corrected chi connectivity index (χ2v) is 4.83. The maximum absolute atomic E-state index is 12.3. The van der Waals surface area contributed by atoms with Crippen molar-refractivity contribution in [2.75, 3.05) is 6.54 Å². The molecule has 3 aromatic rings. The van der Waals surface area contributed by atoms with Crippen LogP contribution >= 0.6 is 0 Å². The minimum absolute atomic E-state index is 0.00648. The number of aliphatic hydroxyl groups excluding tert-OH is 1. The number of amides is 1. The minimum Gasteiger partial charge on any atom is -0.467 e. The van der Waals surface area contributed by atoms with E-state index in [2.05, 4.69) is 10.3 Å². The van der Waals surface area contributed by atoms with Gasteiger partial charge in [-0.15, -0.1) is 0 Å². The van der Waals surface area contributed by atoms with Crippen LogP contribution in [0.15, 0.2) is 57.9 Å². The molecule has 2 heterocycles. The summed E-state index contributed by atoms with van der Waals surface area (Å²) in [5.74, 6) is -0.0519. The molecule has 6 heteroatoms. The van der Waals surface area contributed by atoms with E-state index < -0.39 is 12.0 Å². The number of hydrogen-bond donors (Lipinski definition) is 3. The Morgan fingerprint density at radius 3 is 2.86 bits per heavy atom. The van der Waals surface area contributed by atoms with Crippen LogP contribution in [0.25, 0.3) is 10.9 Å². The Labute approximate surface area is 125 Å². The largest absolute Gasteiger partial charge is 0.467 e. The third-order valence-electron chi connectivity index (χ3n) is 3.32. The molecular formula is C16H14N2O4. The van der Waals surface area contributed by atoms with Crippen molar-refractivity contribution in [2.24, 2.45) is 0 Å². The second-order valence-electron chi connectivity index (χ2n) is 4.83. The molecule has 1 atom stereocenters. The highest BCUT2D eigenvalue weighted by atomic mass is 16.4. The molecule has 0 bridgehead atoms. The van der Waals surface area contributed by atoms with Gasteiger partial charge in [-0.1, -0.05) is 18.2 Å². The van der Waals surface area contributed by atoms with Gasteiger partial charge in [-0.25, -0.2) is 0 Å². The van der Waals surface area contributed by atoms with Crippen LogP contribution in [0.5, 0.6) is 0 Å². The smallest absolute Gasteiger partial charge is 0.252 e. The molecule has 3 N–H and O–H groups in total. The van der Waals surface area contributed by atoms with E-state index in [4.69, 9.17) is 4.42 Å². The first-order valence-electron chi connectivity index (χ1n) is 6.77. The van der Waals surface area contributed by atoms with E-state index in [1.165, 1.54) is 12.3 Å². The monoisotopic (exact) mass is 298 g/mol. The number of para-hydroxylation sites is 1. The molecule has 0 aliphatic carbocycles. The zero-order chi connectivity index (χ0) is 15.5. The molecule has 0 aliphatic rings. The fourth-order valence-corrected chi connectivity index (χ4v) is 2.26. The standard InChI is InChI=1S/C16H14N2O4/c19-13(14-6-3-7-22-14)9-17-16(21)11-8-15(20)18-12-5-2-1-4-10(11)12/h1-8,13,19H,9H2,(H,17,21)(H,18,20). The first-order valence-corrected chi connectivity index (χ1v) is 6.77. The van der Waals surface area contributed by atoms with E-state index in [0.29, 0.717) is 16.7 Å². The van der Waals surface area contributed by atoms with Crippen LogP contribution in [-0.2, 0) is 0 Å². The lowest BCUT2D eigenvalue weighted by Gasteiger charge is -2.10. The number of benzene rings is 1. The number of pyridine rings is 1. The number of furan rings is 1. The lowest BCUT2D eigenvalue weighted by atomic mass is 10.1. The zero-order valence-electron chi connectivity index (χ0n) is 11.6. The third kappa shape index (κ3) is 2.77. The van der Waals surface area contributed by atoms with E-state index in [0.717, 1.165) is 0 Å². The van der Waals surface area contributed by atoms with Gasteiger partial charge < -0.3 is 19.8 Å². The molecule has 6 nitrogen and oxygen atoms in total. The van der Waals surface area contributed by atoms with Crippen LogP contribution in [0.2, 0.25) is 0 Å². The summed E-state index contributed by atoms with van der Waals surface area (Å²) in [6.07, 6.45) is 0.511. The van der Waals surface area contributed by atoms with Gasteiger partial charge in [0.05, 0.1) is 18.4 Å². The third-order valence-corrected chi connectivity index (χ3v) is 3.32. The predicted molar refractivity (Wildman–Crippen MR) is 80.6 cm³/mol. The van der Waals surface area contributed by atoms with E-state index in [-0.39, 0.29) is 17.7 Å². The number of rotatable bonds is 4. The molecule has 0 radical (unpaired) electrons. The molecule has 3 rings (SSSR count). The fraction of sp³-hybridized carbons (Fsp3) is 0.125. The van der Waals surface area contributed by atoms with E-state index >= 15 is 0 Å². The number of carbonyl (C=O) groups excluding carboxylic acids is 1. The van der Waals surface area contributed by atoms with Crippen molar-refractivity contribution >= 4 is 16.8 Å². The molecule has 22 heavy (non-hydrogen) atoms. The van der Waals surface area contributed by atoms with Gasteiger partial charge in [-0.2, -0.15) is 0 Å². The SMILES string of the molecule is O=C(NCC(O)c1ccco1)c1cc(=O)[nH]c2ccccc12. The molecule has 0 aliphatic heterocycles. The Hall–Kier alpha value is -2.86. The first-order chi connectivity index (χ1) is 10.6. The number of aromatic nitrogens is 1. The van der Waals surface area contributed by atoms with Crippen LogP contribution in [0, 0.1) is 0 Å². The van der Waals surface area contributed by atoms with Crippen molar-refractivity contribution in [2.45, 2.75) is 6.10 Å². The molecular weight excluding hydrogens is 284 g/mol. The maximum atomic E-state index is 12.3. The van der Waals surface area contributed by atoms with Gasteiger partial charge in [0.2, 0.25) is 5.56 Å². The lowest BCUT2D eigenvalue weighted by Crippen LogP contribution is -2.29. The molecule has 2 aromatic heterocycles. The van der Waals surface area contributed by atoms with Gasteiger partial charge in [0.1, 0.15) is 11.9 Å². The summed E-state index contributed by atoms with van der Waals surface area (Å²) in [4.78, 5) is 26.6. The van der Waals surface area contributed by atoms with Crippen molar-refractivity contribution in [1.82, 2.24) is 10.3 Å². The highest BCUT2D eigenvalue weighted by Crippen LogP contribution is 2.15. The summed E-state index contributed by atoms with van der Waals surface area (Å²) in [7, 11) is 0. The van der Waals surface area contributed by atoms with Crippen LogP contribution in [0.1, 0.15) is 22.2 Å². The predicted octanol–water partition coefficient (Wildman–Crippen LogP) is 1.58. The number of aromatic amines is 1. The number of carbonyl (C=O) groups is 1. The second kappa shape index (κ2) is 5.87. The van der Waals surface area contributed by atoms with Crippen molar-refractivity contribution < 1.29 is 14.3 Å². The molecule has 112 valence electrons. The summed E-state index contributed by atoms with van der Waals surface area (Å²) in [5, 5.41) is 13.1. The highest BCUT2D eigenvalue weighted by Gasteiger charge is 2.15. The summed E-state index contributed by atoms with van der Waals surface area (Å²) in [6, 6.07) is 11.6. The first kappa shape index (κ1) is 14.1. The van der Waals surface area contributed by atoms with Crippen LogP contribution < -0.4 is 10.9 Å². The van der Waals surface area contributed by atoms with Crippen molar-refractivity contribution in [3.8, 4) is 0 Å². The Morgan fingerprint density at radius 1 is 1.27 bits per heavy atom. The average molecular weight is 298 g/mol. The number of nitrogens with one attached hydrogen (secondary N) is 2.